The number of aromatic nitrogens is 3. The standard InChI is InChI=1S/C28H28N4O3S/c1-18-10-12-22(13-11-18)16-32-20(3)24(19(2)31-32)14-15-26(33)35-21(4)27(34)30-28-29-25(17-36-28)23-8-6-5-7-9-23/h5-15,17,21H,16H2,1-4H3,(H,29,30,34)/b15-14+/t21-/m0/s1. The van der Waals surface area contributed by atoms with Gasteiger partial charge in [-0.25, -0.2) is 9.78 Å². The molecular formula is C28H28N4O3S. The van der Waals surface area contributed by atoms with Gasteiger partial charge in [0.1, 0.15) is 0 Å². The van der Waals surface area contributed by atoms with Crippen molar-refractivity contribution in [3.8, 4) is 11.3 Å². The third-order valence-corrected chi connectivity index (χ3v) is 6.50. The molecule has 36 heavy (non-hydrogen) atoms. The van der Waals surface area contributed by atoms with E-state index in [0.29, 0.717) is 11.7 Å². The number of carbonyl (C=O) groups excluding carboxylic acids is 2. The molecular weight excluding hydrogens is 472 g/mol. The highest BCUT2D eigenvalue weighted by Gasteiger charge is 2.19. The van der Waals surface area contributed by atoms with Gasteiger partial charge in [-0.1, -0.05) is 60.2 Å². The monoisotopic (exact) mass is 500 g/mol. The maximum atomic E-state index is 12.5. The molecule has 4 rings (SSSR count). The number of nitrogens with one attached hydrogen (secondary N) is 1. The molecule has 0 saturated carbocycles. The summed E-state index contributed by atoms with van der Waals surface area (Å²) in [5, 5.41) is 9.64. The van der Waals surface area contributed by atoms with E-state index in [-0.39, 0.29) is 0 Å². The molecule has 184 valence electrons. The number of anilines is 1. The Morgan fingerprint density at radius 3 is 2.53 bits per heavy atom. The molecule has 4 aromatic rings. The highest BCUT2D eigenvalue weighted by atomic mass is 32.1. The van der Waals surface area contributed by atoms with Crippen LogP contribution in [-0.4, -0.2) is 32.7 Å². The van der Waals surface area contributed by atoms with E-state index in [4.69, 9.17) is 4.74 Å². The number of aryl methyl sites for hydroxylation is 2. The second-order valence-corrected chi connectivity index (χ2v) is 9.39. The molecule has 2 aromatic carbocycles. The SMILES string of the molecule is Cc1ccc(Cn2nc(C)c(/C=C/C(=O)O[C@@H](C)C(=O)Nc3nc(-c4ccccc4)cs3)c2C)cc1. The molecule has 0 aliphatic rings. The van der Waals surface area contributed by atoms with Crippen molar-refractivity contribution in [2.75, 3.05) is 5.32 Å². The molecule has 1 amide bonds. The van der Waals surface area contributed by atoms with Crippen molar-refractivity contribution in [3.63, 3.8) is 0 Å². The maximum Gasteiger partial charge on any atom is 0.331 e. The van der Waals surface area contributed by atoms with Gasteiger partial charge in [0.2, 0.25) is 0 Å². The average Bonchev–Trinajstić information content (AvgIpc) is 3.43. The Kier molecular flexibility index (Phi) is 7.75. The second kappa shape index (κ2) is 11.1. The molecule has 1 atom stereocenters. The molecule has 8 heteroatoms. The third kappa shape index (κ3) is 6.14. The summed E-state index contributed by atoms with van der Waals surface area (Å²) in [6, 6.07) is 18.0. The van der Waals surface area contributed by atoms with Gasteiger partial charge in [0.25, 0.3) is 5.91 Å². The van der Waals surface area contributed by atoms with Crippen molar-refractivity contribution < 1.29 is 14.3 Å². The van der Waals surface area contributed by atoms with Gasteiger partial charge in [-0.05, 0) is 39.3 Å². The van der Waals surface area contributed by atoms with Crippen LogP contribution in [0.25, 0.3) is 17.3 Å². The van der Waals surface area contributed by atoms with Gasteiger partial charge in [-0.15, -0.1) is 11.3 Å². The van der Waals surface area contributed by atoms with Crippen molar-refractivity contribution in [1.82, 2.24) is 14.8 Å². The van der Waals surface area contributed by atoms with Gasteiger partial charge in [0.15, 0.2) is 11.2 Å². The molecule has 2 heterocycles. The molecule has 0 spiro atoms. The van der Waals surface area contributed by atoms with Crippen molar-refractivity contribution in [2.45, 2.75) is 40.3 Å². The number of amides is 1. The zero-order valence-corrected chi connectivity index (χ0v) is 21.5. The predicted molar refractivity (Wildman–Crippen MR) is 143 cm³/mol. The lowest BCUT2D eigenvalue weighted by molar-refractivity contribution is -0.148. The first-order valence-electron chi connectivity index (χ1n) is 11.6. The fourth-order valence-corrected chi connectivity index (χ4v) is 4.39. The topological polar surface area (TPSA) is 86.1 Å². The quantitative estimate of drug-likeness (QED) is 0.253. The molecule has 0 aliphatic heterocycles. The summed E-state index contributed by atoms with van der Waals surface area (Å²) in [6.07, 6.45) is 2.04. The Morgan fingerprint density at radius 1 is 1.08 bits per heavy atom. The van der Waals surface area contributed by atoms with Crippen LogP contribution in [0.2, 0.25) is 0 Å². The zero-order valence-electron chi connectivity index (χ0n) is 20.7. The number of benzene rings is 2. The largest absolute Gasteiger partial charge is 0.449 e. The Morgan fingerprint density at radius 2 is 1.81 bits per heavy atom. The molecule has 7 nitrogen and oxygen atoms in total. The van der Waals surface area contributed by atoms with Gasteiger partial charge in [0, 0.05) is 28.3 Å². The highest BCUT2D eigenvalue weighted by molar-refractivity contribution is 7.14. The number of hydrogen-bond donors (Lipinski definition) is 1. The second-order valence-electron chi connectivity index (χ2n) is 8.53. The molecule has 0 fully saturated rings. The highest BCUT2D eigenvalue weighted by Crippen LogP contribution is 2.24. The summed E-state index contributed by atoms with van der Waals surface area (Å²) in [5.74, 6) is -1.05. The van der Waals surface area contributed by atoms with Crippen LogP contribution in [0.5, 0.6) is 0 Å². The summed E-state index contributed by atoms with van der Waals surface area (Å²) >= 11 is 1.32. The van der Waals surface area contributed by atoms with E-state index in [1.165, 1.54) is 29.9 Å². The number of carbonyl (C=O) groups is 2. The Bertz CT molecular complexity index is 1390. The summed E-state index contributed by atoms with van der Waals surface area (Å²) in [4.78, 5) is 29.3. The van der Waals surface area contributed by atoms with Crippen LogP contribution in [0.3, 0.4) is 0 Å². The first-order chi connectivity index (χ1) is 17.3. The molecule has 0 unspecified atom stereocenters. The van der Waals surface area contributed by atoms with E-state index in [1.54, 1.807) is 6.08 Å². The summed E-state index contributed by atoms with van der Waals surface area (Å²) in [5.41, 5.74) is 6.71. The third-order valence-electron chi connectivity index (χ3n) is 5.74. The van der Waals surface area contributed by atoms with Gasteiger partial charge >= 0.3 is 5.97 Å². The van der Waals surface area contributed by atoms with Crippen molar-refractivity contribution in [3.05, 3.63) is 94.1 Å². The van der Waals surface area contributed by atoms with Crippen LogP contribution in [0.1, 0.15) is 35.0 Å². The summed E-state index contributed by atoms with van der Waals surface area (Å²) in [6.45, 7) is 8.10. The maximum absolute atomic E-state index is 12.5. The van der Waals surface area contributed by atoms with Crippen molar-refractivity contribution in [2.24, 2.45) is 0 Å². The smallest absolute Gasteiger partial charge is 0.331 e. The molecule has 2 aromatic heterocycles. The number of rotatable bonds is 8. The van der Waals surface area contributed by atoms with Crippen LogP contribution in [0.15, 0.2) is 66.1 Å². The zero-order chi connectivity index (χ0) is 25.7. The molecule has 0 saturated heterocycles. The van der Waals surface area contributed by atoms with Crippen molar-refractivity contribution >= 4 is 34.4 Å². The van der Waals surface area contributed by atoms with Gasteiger partial charge in [-0.2, -0.15) is 5.10 Å². The van der Waals surface area contributed by atoms with Gasteiger partial charge in [0.05, 0.1) is 17.9 Å². The summed E-state index contributed by atoms with van der Waals surface area (Å²) in [7, 11) is 0. The minimum atomic E-state index is -0.974. The first kappa shape index (κ1) is 25.1. The number of thiazole rings is 1. The Labute approximate surface area is 214 Å². The van der Waals surface area contributed by atoms with Gasteiger partial charge < -0.3 is 4.74 Å². The number of esters is 1. The van der Waals surface area contributed by atoms with Crippen LogP contribution in [0, 0.1) is 20.8 Å². The van der Waals surface area contributed by atoms with E-state index in [1.807, 2.05) is 54.2 Å². The van der Waals surface area contributed by atoms with Gasteiger partial charge in [-0.3, -0.25) is 14.8 Å². The summed E-state index contributed by atoms with van der Waals surface area (Å²) < 4.78 is 7.22. The lowest BCUT2D eigenvalue weighted by atomic mass is 10.1. The van der Waals surface area contributed by atoms with E-state index in [9.17, 15) is 9.59 Å². The van der Waals surface area contributed by atoms with Crippen LogP contribution < -0.4 is 5.32 Å². The van der Waals surface area contributed by atoms with E-state index in [0.717, 1.165) is 33.8 Å². The number of nitrogens with zero attached hydrogens (tertiary/aromatic N) is 3. The van der Waals surface area contributed by atoms with Crippen molar-refractivity contribution in [1.29, 1.82) is 0 Å². The van der Waals surface area contributed by atoms with Crippen LogP contribution in [-0.2, 0) is 20.9 Å². The minimum Gasteiger partial charge on any atom is -0.449 e. The molecule has 0 radical (unpaired) electrons. The molecule has 0 aliphatic carbocycles. The lowest BCUT2D eigenvalue weighted by Gasteiger charge is -2.10. The Hall–Kier alpha value is -4.04. The van der Waals surface area contributed by atoms with E-state index in [2.05, 4.69) is 46.6 Å². The number of hydrogen-bond acceptors (Lipinski definition) is 6. The first-order valence-corrected chi connectivity index (χ1v) is 12.5. The Balaban J connectivity index is 1.34. The fourth-order valence-electron chi connectivity index (χ4n) is 3.67. The number of ether oxygens (including phenoxy) is 1. The minimum absolute atomic E-state index is 0.441. The fraction of sp³-hybridized carbons (Fsp3) is 0.214. The lowest BCUT2D eigenvalue weighted by Crippen LogP contribution is -2.29. The van der Waals surface area contributed by atoms with Crippen LogP contribution >= 0.6 is 11.3 Å². The molecule has 1 N–H and O–H groups in total. The predicted octanol–water partition coefficient (Wildman–Crippen LogP) is 5.56. The van der Waals surface area contributed by atoms with Crippen LogP contribution in [0.4, 0.5) is 5.13 Å². The normalized spacial score (nSPS) is 12.0. The van der Waals surface area contributed by atoms with E-state index >= 15 is 0 Å². The molecule has 0 bridgehead atoms. The van der Waals surface area contributed by atoms with E-state index < -0.39 is 18.0 Å². The average molecular weight is 501 g/mol.